The van der Waals surface area contributed by atoms with Crippen LogP contribution in [0.25, 0.3) is 5.65 Å². The Labute approximate surface area is 114 Å². The molecular formula is C15H13BrN2. The summed E-state index contributed by atoms with van der Waals surface area (Å²) in [6, 6.07) is 14.5. The Kier molecular flexibility index (Phi) is 2.92. The van der Waals surface area contributed by atoms with Gasteiger partial charge in [-0.25, -0.2) is 4.98 Å². The van der Waals surface area contributed by atoms with Crippen molar-refractivity contribution in [3.8, 4) is 0 Å². The predicted octanol–water partition coefficient (Wildman–Crippen LogP) is 4.00. The van der Waals surface area contributed by atoms with Gasteiger partial charge in [-0.1, -0.05) is 34.1 Å². The van der Waals surface area contributed by atoms with Gasteiger partial charge in [0, 0.05) is 22.8 Å². The Hall–Kier alpha value is -1.61. The summed E-state index contributed by atoms with van der Waals surface area (Å²) in [5.74, 6) is 0. The normalized spacial score (nSPS) is 11.0. The number of aromatic nitrogens is 2. The van der Waals surface area contributed by atoms with Gasteiger partial charge in [0.25, 0.3) is 0 Å². The quantitative estimate of drug-likeness (QED) is 0.699. The Morgan fingerprint density at radius 3 is 2.78 bits per heavy atom. The van der Waals surface area contributed by atoms with E-state index >= 15 is 0 Å². The molecule has 0 amide bonds. The van der Waals surface area contributed by atoms with Crippen molar-refractivity contribution in [1.82, 2.24) is 9.38 Å². The lowest BCUT2D eigenvalue weighted by atomic mass is 10.1. The highest BCUT2D eigenvalue weighted by Gasteiger charge is 2.04. The molecule has 0 saturated carbocycles. The summed E-state index contributed by atoms with van der Waals surface area (Å²) in [6.07, 6.45) is 2.98. The summed E-state index contributed by atoms with van der Waals surface area (Å²) < 4.78 is 3.24. The van der Waals surface area contributed by atoms with Gasteiger partial charge in [0.1, 0.15) is 5.65 Å². The lowest BCUT2D eigenvalue weighted by Gasteiger charge is -1.98. The average Bonchev–Trinajstić information content (AvgIpc) is 2.73. The van der Waals surface area contributed by atoms with Crippen molar-refractivity contribution in [2.75, 3.05) is 0 Å². The van der Waals surface area contributed by atoms with Crippen LogP contribution in [0.5, 0.6) is 0 Å². The standard InChI is InChI=1S/C15H13BrN2/c1-11-4-2-7-15-17-14(10-18(11)15)9-12-5-3-6-13(16)8-12/h2-8,10H,9H2,1H3. The third kappa shape index (κ3) is 2.18. The monoisotopic (exact) mass is 300 g/mol. The van der Waals surface area contributed by atoms with Crippen molar-refractivity contribution in [3.63, 3.8) is 0 Å². The van der Waals surface area contributed by atoms with Crippen molar-refractivity contribution in [2.24, 2.45) is 0 Å². The molecule has 3 rings (SSSR count). The van der Waals surface area contributed by atoms with Gasteiger partial charge in [-0.15, -0.1) is 0 Å². The third-order valence-electron chi connectivity index (χ3n) is 3.02. The number of halogens is 1. The number of rotatable bonds is 2. The molecular weight excluding hydrogens is 288 g/mol. The van der Waals surface area contributed by atoms with E-state index in [-0.39, 0.29) is 0 Å². The lowest BCUT2D eigenvalue weighted by molar-refractivity contribution is 1.08. The maximum Gasteiger partial charge on any atom is 0.137 e. The second-order valence-corrected chi connectivity index (χ2v) is 5.35. The van der Waals surface area contributed by atoms with Crippen LogP contribution in [0.4, 0.5) is 0 Å². The minimum atomic E-state index is 0.862. The molecule has 0 saturated heterocycles. The van der Waals surface area contributed by atoms with Crippen LogP contribution in [0.3, 0.4) is 0 Å². The molecule has 0 N–H and O–H groups in total. The van der Waals surface area contributed by atoms with E-state index in [4.69, 9.17) is 0 Å². The Morgan fingerprint density at radius 1 is 1.17 bits per heavy atom. The fraction of sp³-hybridized carbons (Fsp3) is 0.133. The summed E-state index contributed by atoms with van der Waals surface area (Å²) in [5.41, 5.74) is 4.59. The Morgan fingerprint density at radius 2 is 2.00 bits per heavy atom. The topological polar surface area (TPSA) is 17.3 Å². The van der Waals surface area contributed by atoms with Crippen LogP contribution < -0.4 is 0 Å². The molecule has 2 heterocycles. The van der Waals surface area contributed by atoms with E-state index in [1.165, 1.54) is 11.3 Å². The summed E-state index contributed by atoms with van der Waals surface area (Å²) in [4.78, 5) is 4.65. The predicted molar refractivity (Wildman–Crippen MR) is 76.9 cm³/mol. The van der Waals surface area contributed by atoms with E-state index in [9.17, 15) is 0 Å². The number of hydrogen-bond acceptors (Lipinski definition) is 1. The first kappa shape index (κ1) is 11.5. The van der Waals surface area contributed by atoms with Gasteiger partial charge in [0.05, 0.1) is 5.69 Å². The highest BCUT2D eigenvalue weighted by Crippen LogP contribution is 2.16. The second-order valence-electron chi connectivity index (χ2n) is 4.43. The first-order chi connectivity index (χ1) is 8.72. The number of fused-ring (bicyclic) bond motifs is 1. The molecule has 3 aromatic rings. The molecule has 0 bridgehead atoms. The van der Waals surface area contributed by atoms with Gasteiger partial charge in [-0.2, -0.15) is 0 Å². The van der Waals surface area contributed by atoms with E-state index in [1.54, 1.807) is 0 Å². The first-order valence-corrected chi connectivity index (χ1v) is 6.70. The van der Waals surface area contributed by atoms with Crippen LogP contribution in [0.1, 0.15) is 17.0 Å². The fourth-order valence-electron chi connectivity index (χ4n) is 2.14. The molecule has 1 aromatic carbocycles. The SMILES string of the molecule is Cc1cccc2nc(Cc3cccc(Br)c3)cn12. The van der Waals surface area contributed by atoms with Gasteiger partial charge in [0.2, 0.25) is 0 Å². The summed E-state index contributed by atoms with van der Waals surface area (Å²) >= 11 is 3.50. The minimum Gasteiger partial charge on any atom is -0.304 e. The number of aryl methyl sites for hydroxylation is 1. The zero-order valence-electron chi connectivity index (χ0n) is 10.1. The van der Waals surface area contributed by atoms with Crippen LogP contribution in [0.2, 0.25) is 0 Å². The molecule has 0 radical (unpaired) electrons. The fourth-order valence-corrected chi connectivity index (χ4v) is 2.59. The largest absolute Gasteiger partial charge is 0.304 e. The molecule has 0 fully saturated rings. The Balaban J connectivity index is 1.98. The number of nitrogens with zero attached hydrogens (tertiary/aromatic N) is 2. The smallest absolute Gasteiger partial charge is 0.137 e. The van der Waals surface area contributed by atoms with E-state index < -0.39 is 0 Å². The van der Waals surface area contributed by atoms with Crippen LogP contribution in [0, 0.1) is 6.92 Å². The van der Waals surface area contributed by atoms with Crippen molar-refractivity contribution < 1.29 is 0 Å². The molecule has 0 spiro atoms. The van der Waals surface area contributed by atoms with Crippen molar-refractivity contribution in [1.29, 1.82) is 0 Å². The van der Waals surface area contributed by atoms with Crippen molar-refractivity contribution >= 4 is 21.6 Å². The molecule has 18 heavy (non-hydrogen) atoms. The van der Waals surface area contributed by atoms with Gasteiger partial charge >= 0.3 is 0 Å². The van der Waals surface area contributed by atoms with Gasteiger partial charge in [-0.05, 0) is 36.8 Å². The molecule has 0 aliphatic rings. The first-order valence-electron chi connectivity index (χ1n) is 5.90. The third-order valence-corrected chi connectivity index (χ3v) is 3.51. The number of hydrogen-bond donors (Lipinski definition) is 0. The van der Waals surface area contributed by atoms with E-state index in [0.717, 1.165) is 22.2 Å². The number of imidazole rings is 1. The lowest BCUT2D eigenvalue weighted by Crippen LogP contribution is -1.88. The maximum absolute atomic E-state index is 4.65. The zero-order chi connectivity index (χ0) is 12.5. The van der Waals surface area contributed by atoms with E-state index in [0.29, 0.717) is 0 Å². The van der Waals surface area contributed by atoms with Crippen LogP contribution >= 0.6 is 15.9 Å². The molecule has 90 valence electrons. The molecule has 2 nitrogen and oxygen atoms in total. The molecule has 0 atom stereocenters. The van der Waals surface area contributed by atoms with Gasteiger partial charge < -0.3 is 4.40 Å². The molecule has 0 unspecified atom stereocenters. The highest BCUT2D eigenvalue weighted by atomic mass is 79.9. The highest BCUT2D eigenvalue weighted by molar-refractivity contribution is 9.10. The Bertz CT molecular complexity index is 701. The molecule has 0 aliphatic carbocycles. The number of benzene rings is 1. The van der Waals surface area contributed by atoms with E-state index in [1.807, 2.05) is 18.2 Å². The van der Waals surface area contributed by atoms with Crippen molar-refractivity contribution in [3.05, 3.63) is 70.1 Å². The van der Waals surface area contributed by atoms with E-state index in [2.05, 4.69) is 62.7 Å². The minimum absolute atomic E-state index is 0.862. The second kappa shape index (κ2) is 4.58. The van der Waals surface area contributed by atoms with Crippen LogP contribution in [-0.2, 0) is 6.42 Å². The molecule has 0 aliphatic heterocycles. The van der Waals surface area contributed by atoms with Crippen LogP contribution in [0.15, 0.2) is 53.1 Å². The zero-order valence-corrected chi connectivity index (χ0v) is 11.7. The summed E-state index contributed by atoms with van der Waals surface area (Å²) in [5, 5.41) is 0. The maximum atomic E-state index is 4.65. The van der Waals surface area contributed by atoms with Gasteiger partial charge in [0.15, 0.2) is 0 Å². The van der Waals surface area contributed by atoms with Crippen LogP contribution in [-0.4, -0.2) is 9.38 Å². The molecule has 2 aromatic heterocycles. The summed E-state index contributed by atoms with van der Waals surface area (Å²) in [7, 11) is 0. The van der Waals surface area contributed by atoms with Gasteiger partial charge in [-0.3, -0.25) is 0 Å². The van der Waals surface area contributed by atoms with Crippen molar-refractivity contribution in [2.45, 2.75) is 13.3 Å². The average molecular weight is 301 g/mol. The number of pyridine rings is 1. The summed E-state index contributed by atoms with van der Waals surface area (Å²) in [6.45, 7) is 2.09. The molecule has 3 heteroatoms.